The van der Waals surface area contributed by atoms with Crippen LogP contribution in [0.25, 0.3) is 0 Å². The number of hydrogen-bond donors (Lipinski definition) is 2. The van der Waals surface area contributed by atoms with E-state index >= 15 is 0 Å². The predicted molar refractivity (Wildman–Crippen MR) is 45.7 cm³/mol. The fourth-order valence-corrected chi connectivity index (χ4v) is 1.08. The zero-order valence-corrected chi connectivity index (χ0v) is 7.12. The van der Waals surface area contributed by atoms with Crippen LogP contribution in [-0.4, -0.2) is 11.1 Å². The smallest absolute Gasteiger partial charge is 0.325 e. The van der Waals surface area contributed by atoms with Crippen LogP contribution in [0.2, 0.25) is 0 Å². The van der Waals surface area contributed by atoms with Gasteiger partial charge in [-0.15, -0.1) is 0 Å². The van der Waals surface area contributed by atoms with E-state index in [-0.39, 0.29) is 0 Å². The number of nitrogens with two attached hydrogens (primary N) is 1. The average Bonchev–Trinajstić information content (AvgIpc) is 2.08. The van der Waals surface area contributed by atoms with Crippen LogP contribution in [0.4, 0.5) is 4.39 Å². The van der Waals surface area contributed by atoms with Crippen molar-refractivity contribution in [2.45, 2.75) is 13.0 Å². The molecule has 0 spiro atoms. The summed E-state index contributed by atoms with van der Waals surface area (Å²) < 4.78 is 12.7. The van der Waals surface area contributed by atoms with Gasteiger partial charge in [0.25, 0.3) is 0 Å². The van der Waals surface area contributed by atoms with Crippen LogP contribution < -0.4 is 5.73 Å². The molecule has 1 atom stereocenters. The van der Waals surface area contributed by atoms with Gasteiger partial charge in [-0.1, -0.05) is 6.07 Å². The topological polar surface area (TPSA) is 63.3 Å². The molecule has 0 saturated heterocycles. The summed E-state index contributed by atoms with van der Waals surface area (Å²) in [6, 6.07) is 2.77. The highest BCUT2D eigenvalue weighted by Crippen LogP contribution is 2.16. The quantitative estimate of drug-likeness (QED) is 0.724. The number of aliphatic carboxylic acids is 1. The number of carboxylic acids is 1. The Labute approximate surface area is 75.0 Å². The number of carbonyl (C=O) groups is 1. The van der Waals surface area contributed by atoms with Gasteiger partial charge in [0, 0.05) is 0 Å². The monoisotopic (exact) mass is 183 g/mol. The molecule has 0 unspecified atom stereocenters. The first-order chi connectivity index (χ1) is 6.02. The lowest BCUT2D eigenvalue weighted by Gasteiger charge is -2.09. The molecule has 0 saturated carbocycles. The van der Waals surface area contributed by atoms with Gasteiger partial charge in [0.15, 0.2) is 0 Å². The average molecular weight is 183 g/mol. The Balaban J connectivity index is 3.12. The van der Waals surface area contributed by atoms with Crippen molar-refractivity contribution in [1.82, 2.24) is 0 Å². The summed E-state index contributed by atoms with van der Waals surface area (Å²) in [6.45, 7) is 1.69. The zero-order chi connectivity index (χ0) is 10.0. The molecule has 1 aromatic carbocycles. The van der Waals surface area contributed by atoms with Crippen molar-refractivity contribution < 1.29 is 14.3 Å². The van der Waals surface area contributed by atoms with E-state index in [1.54, 1.807) is 6.92 Å². The SMILES string of the molecule is Cc1ccc(F)cc1[C@@H](N)C(=O)O. The number of aryl methyl sites for hydroxylation is 1. The highest BCUT2D eigenvalue weighted by molar-refractivity contribution is 5.75. The molecule has 13 heavy (non-hydrogen) atoms. The van der Waals surface area contributed by atoms with Crippen LogP contribution in [0.5, 0.6) is 0 Å². The molecule has 0 aliphatic carbocycles. The second-order valence-electron chi connectivity index (χ2n) is 2.82. The Hall–Kier alpha value is -1.42. The molecule has 1 rings (SSSR count). The summed E-state index contributed by atoms with van der Waals surface area (Å²) in [5, 5.41) is 8.60. The lowest BCUT2D eigenvalue weighted by atomic mass is 10.0. The summed E-state index contributed by atoms with van der Waals surface area (Å²) in [7, 11) is 0. The minimum atomic E-state index is -1.16. The fraction of sp³-hybridized carbons (Fsp3) is 0.222. The van der Waals surface area contributed by atoms with Gasteiger partial charge in [0.2, 0.25) is 0 Å². The van der Waals surface area contributed by atoms with Gasteiger partial charge in [-0.05, 0) is 30.2 Å². The van der Waals surface area contributed by atoms with Crippen molar-refractivity contribution in [3.05, 3.63) is 35.1 Å². The minimum Gasteiger partial charge on any atom is -0.480 e. The first-order valence-electron chi connectivity index (χ1n) is 3.77. The predicted octanol–water partition coefficient (Wildman–Crippen LogP) is 1.22. The van der Waals surface area contributed by atoms with Crippen molar-refractivity contribution in [2.75, 3.05) is 0 Å². The highest BCUT2D eigenvalue weighted by Gasteiger charge is 2.16. The Morgan fingerprint density at radius 2 is 2.23 bits per heavy atom. The minimum absolute atomic E-state index is 0.313. The van der Waals surface area contributed by atoms with Gasteiger partial charge in [-0.2, -0.15) is 0 Å². The third kappa shape index (κ3) is 2.03. The first kappa shape index (κ1) is 9.67. The highest BCUT2D eigenvalue weighted by atomic mass is 19.1. The van der Waals surface area contributed by atoms with E-state index in [1.807, 2.05) is 0 Å². The second-order valence-corrected chi connectivity index (χ2v) is 2.82. The van der Waals surface area contributed by atoms with Crippen LogP contribution in [-0.2, 0) is 4.79 Å². The lowest BCUT2D eigenvalue weighted by Crippen LogP contribution is -2.21. The van der Waals surface area contributed by atoms with Crippen molar-refractivity contribution in [2.24, 2.45) is 5.73 Å². The number of rotatable bonds is 2. The van der Waals surface area contributed by atoms with Crippen LogP contribution >= 0.6 is 0 Å². The third-order valence-electron chi connectivity index (χ3n) is 1.84. The Morgan fingerprint density at radius 3 is 2.77 bits per heavy atom. The van der Waals surface area contributed by atoms with E-state index in [2.05, 4.69) is 0 Å². The molecular weight excluding hydrogens is 173 g/mol. The molecule has 0 heterocycles. The van der Waals surface area contributed by atoms with E-state index in [0.29, 0.717) is 11.1 Å². The van der Waals surface area contributed by atoms with Crippen molar-refractivity contribution in [3.63, 3.8) is 0 Å². The molecule has 0 radical (unpaired) electrons. The summed E-state index contributed by atoms with van der Waals surface area (Å²) in [5.41, 5.74) is 6.33. The van der Waals surface area contributed by atoms with E-state index in [0.717, 1.165) is 6.07 Å². The molecule has 70 valence electrons. The van der Waals surface area contributed by atoms with Crippen LogP contribution in [0.1, 0.15) is 17.2 Å². The molecule has 0 aromatic heterocycles. The van der Waals surface area contributed by atoms with Crippen LogP contribution in [0.15, 0.2) is 18.2 Å². The number of halogens is 1. The maximum Gasteiger partial charge on any atom is 0.325 e. The zero-order valence-electron chi connectivity index (χ0n) is 7.12. The van der Waals surface area contributed by atoms with E-state index in [1.165, 1.54) is 12.1 Å². The van der Waals surface area contributed by atoms with Gasteiger partial charge in [0.1, 0.15) is 11.9 Å². The van der Waals surface area contributed by atoms with Gasteiger partial charge in [-0.25, -0.2) is 4.39 Å². The molecule has 4 heteroatoms. The maximum absolute atomic E-state index is 12.7. The molecule has 0 aliphatic heterocycles. The van der Waals surface area contributed by atoms with E-state index in [9.17, 15) is 9.18 Å². The van der Waals surface area contributed by atoms with Crippen LogP contribution in [0.3, 0.4) is 0 Å². The summed E-state index contributed by atoms with van der Waals surface area (Å²) >= 11 is 0. The molecule has 1 aromatic rings. The second kappa shape index (κ2) is 3.53. The molecule has 0 aliphatic rings. The van der Waals surface area contributed by atoms with E-state index in [4.69, 9.17) is 10.8 Å². The van der Waals surface area contributed by atoms with Gasteiger partial charge in [-0.3, -0.25) is 4.79 Å². The summed E-state index contributed by atoms with van der Waals surface area (Å²) in [4.78, 5) is 10.5. The van der Waals surface area contributed by atoms with Crippen molar-refractivity contribution in [1.29, 1.82) is 0 Å². The number of benzene rings is 1. The molecule has 0 bridgehead atoms. The van der Waals surface area contributed by atoms with Crippen molar-refractivity contribution in [3.8, 4) is 0 Å². The summed E-state index contributed by atoms with van der Waals surface area (Å²) in [6.07, 6.45) is 0. The van der Waals surface area contributed by atoms with Gasteiger partial charge >= 0.3 is 5.97 Å². The lowest BCUT2D eigenvalue weighted by molar-refractivity contribution is -0.138. The Kier molecular flexibility index (Phi) is 2.63. The first-order valence-corrected chi connectivity index (χ1v) is 3.77. The molecule has 3 N–H and O–H groups in total. The maximum atomic E-state index is 12.7. The normalized spacial score (nSPS) is 12.5. The molecule has 0 fully saturated rings. The summed E-state index contributed by atoms with van der Waals surface area (Å²) in [5.74, 6) is -1.63. The number of carboxylic acid groups (broad SMARTS) is 1. The largest absolute Gasteiger partial charge is 0.480 e. The third-order valence-corrected chi connectivity index (χ3v) is 1.84. The molecule has 3 nitrogen and oxygen atoms in total. The Bertz CT molecular complexity index is 338. The van der Waals surface area contributed by atoms with Crippen LogP contribution in [0, 0.1) is 12.7 Å². The van der Waals surface area contributed by atoms with Gasteiger partial charge in [0.05, 0.1) is 0 Å². The Morgan fingerprint density at radius 1 is 1.62 bits per heavy atom. The van der Waals surface area contributed by atoms with E-state index < -0.39 is 17.8 Å². The van der Waals surface area contributed by atoms with Gasteiger partial charge < -0.3 is 10.8 Å². The number of hydrogen-bond acceptors (Lipinski definition) is 2. The molecule has 0 amide bonds. The fourth-order valence-electron chi connectivity index (χ4n) is 1.08. The molecular formula is C9H10FNO2. The van der Waals surface area contributed by atoms with Crippen molar-refractivity contribution >= 4 is 5.97 Å². The standard InChI is InChI=1S/C9H10FNO2/c1-5-2-3-6(10)4-7(5)8(11)9(12)13/h2-4,8H,11H2,1H3,(H,12,13)/t8-/m1/s1.